The molecule has 0 bridgehead atoms. The van der Waals surface area contributed by atoms with Crippen LogP contribution in [0.3, 0.4) is 0 Å². The van der Waals surface area contributed by atoms with E-state index in [0.717, 1.165) is 30.2 Å². The number of rotatable bonds is 8. The third-order valence-corrected chi connectivity index (χ3v) is 9.10. The first-order chi connectivity index (χ1) is 21.8. The van der Waals surface area contributed by atoms with E-state index in [9.17, 15) is 14.9 Å². The number of hydrogen-bond donors (Lipinski definition) is 0. The first-order valence-corrected chi connectivity index (χ1v) is 15.6. The molecular weight excluding hydrogens is 592 g/mol. The van der Waals surface area contributed by atoms with E-state index in [4.69, 9.17) is 26.3 Å². The summed E-state index contributed by atoms with van der Waals surface area (Å²) in [5.41, 5.74) is 0.737. The number of aryl methyl sites for hydroxylation is 1. The molecule has 0 saturated carbocycles. The van der Waals surface area contributed by atoms with Crippen LogP contribution in [0.5, 0.6) is 6.01 Å². The maximum atomic E-state index is 14.5. The molecule has 232 valence electrons. The van der Waals surface area contributed by atoms with Gasteiger partial charge in [0, 0.05) is 37.5 Å². The van der Waals surface area contributed by atoms with Gasteiger partial charge in [-0.15, -0.1) is 0 Å². The Morgan fingerprint density at radius 1 is 1.13 bits per heavy atom. The van der Waals surface area contributed by atoms with Crippen LogP contribution >= 0.6 is 11.6 Å². The van der Waals surface area contributed by atoms with Crippen molar-refractivity contribution in [2.45, 2.75) is 44.7 Å². The van der Waals surface area contributed by atoms with Crippen LogP contribution in [0.4, 0.5) is 5.82 Å². The Morgan fingerprint density at radius 3 is 2.64 bits per heavy atom. The van der Waals surface area contributed by atoms with Crippen molar-refractivity contribution < 1.29 is 9.53 Å². The number of aromatic nitrogens is 4. The minimum atomic E-state index is -0.389. The number of fused-ring (bicyclic) bond motifs is 2. The molecule has 2 saturated heterocycles. The van der Waals surface area contributed by atoms with Gasteiger partial charge >= 0.3 is 6.01 Å². The van der Waals surface area contributed by atoms with Crippen molar-refractivity contribution in [1.82, 2.24) is 29.3 Å². The molecule has 0 spiro atoms. The quantitative estimate of drug-likeness (QED) is 0.266. The molecule has 2 aromatic heterocycles. The summed E-state index contributed by atoms with van der Waals surface area (Å²) >= 11 is 6.68. The maximum absolute atomic E-state index is 14.5. The van der Waals surface area contributed by atoms with Gasteiger partial charge in [0.25, 0.3) is 5.56 Å². The lowest BCUT2D eigenvalue weighted by molar-refractivity contribution is -0.128. The van der Waals surface area contributed by atoms with Gasteiger partial charge in [-0.2, -0.15) is 15.2 Å². The predicted molar refractivity (Wildman–Crippen MR) is 174 cm³/mol. The number of piperazine rings is 1. The first-order valence-electron chi connectivity index (χ1n) is 15.2. The highest BCUT2D eigenvalue weighted by atomic mass is 35.5. The average molecular weight is 627 g/mol. The number of ether oxygens (including phenoxy) is 1. The van der Waals surface area contributed by atoms with Crippen LogP contribution < -0.4 is 15.2 Å². The van der Waals surface area contributed by atoms with E-state index in [1.165, 1.54) is 6.08 Å². The van der Waals surface area contributed by atoms with Crippen molar-refractivity contribution >= 4 is 45.1 Å². The molecule has 4 heterocycles. The number of nitriles is 1. The standard InChI is InChI=1S/C33H35ClN8O3/c1-4-26-36-29-30(32(44)42(26)25-13-7-10-21-9-6-12-24(34)28(21)25)37-33(45-20-23-11-8-16-39(23)3)38-31(29)40-17-18-41(27(43)5-2)22(19-40)14-15-35/h5-7,9-10,12-13,22-23H,2,4,8,11,14,16-20H2,1,3H3/t22-,23?/m0/s1. The summed E-state index contributed by atoms with van der Waals surface area (Å²) in [6.45, 7) is 8.05. The summed E-state index contributed by atoms with van der Waals surface area (Å²) in [6, 6.07) is 13.5. The molecule has 1 amide bonds. The number of likely N-dealkylation sites (tertiary alicyclic amines) is 1. The topological polar surface area (TPSA) is 120 Å². The Balaban J connectivity index is 1.52. The van der Waals surface area contributed by atoms with Crippen LogP contribution in [0.2, 0.25) is 5.02 Å². The molecule has 6 rings (SSSR count). The molecule has 1 unspecified atom stereocenters. The normalized spacial score (nSPS) is 18.8. The van der Waals surface area contributed by atoms with Crippen molar-refractivity contribution in [2.75, 3.05) is 44.7 Å². The van der Waals surface area contributed by atoms with Crippen LogP contribution in [0.25, 0.3) is 27.5 Å². The van der Waals surface area contributed by atoms with Crippen molar-refractivity contribution in [1.29, 1.82) is 5.26 Å². The maximum Gasteiger partial charge on any atom is 0.319 e. The fourth-order valence-electron chi connectivity index (χ4n) is 6.41. The molecule has 2 aliphatic heterocycles. The zero-order valence-corrected chi connectivity index (χ0v) is 26.2. The summed E-state index contributed by atoms with van der Waals surface area (Å²) in [4.78, 5) is 47.4. The largest absolute Gasteiger partial charge is 0.462 e. The SMILES string of the molecule is C=CC(=O)N1CCN(c2nc(OCC3CCCN3C)nc3c(=O)n(-c4cccc5cccc(Cl)c45)c(CC)nc23)C[C@@H]1CC#N. The molecule has 0 N–H and O–H groups in total. The molecule has 12 heteroatoms. The van der Waals surface area contributed by atoms with E-state index in [2.05, 4.69) is 29.6 Å². The minimum Gasteiger partial charge on any atom is -0.462 e. The number of likely N-dealkylation sites (N-methyl/N-ethyl adjacent to an activating group) is 1. The average Bonchev–Trinajstić information content (AvgIpc) is 3.47. The number of halogens is 1. The van der Waals surface area contributed by atoms with Crippen molar-refractivity contribution in [3.8, 4) is 17.8 Å². The monoisotopic (exact) mass is 626 g/mol. The molecule has 2 fully saturated rings. The number of benzene rings is 2. The van der Waals surface area contributed by atoms with Crippen molar-refractivity contribution in [3.05, 3.63) is 70.3 Å². The van der Waals surface area contributed by atoms with Crippen molar-refractivity contribution in [3.63, 3.8) is 0 Å². The van der Waals surface area contributed by atoms with Crippen LogP contribution in [-0.2, 0) is 11.2 Å². The summed E-state index contributed by atoms with van der Waals surface area (Å²) in [5.74, 6) is 0.744. The van der Waals surface area contributed by atoms with E-state index in [-0.39, 0.29) is 41.5 Å². The zero-order valence-electron chi connectivity index (χ0n) is 25.4. The molecule has 11 nitrogen and oxygen atoms in total. The first kappa shape index (κ1) is 30.5. The third kappa shape index (κ3) is 5.72. The van der Waals surface area contributed by atoms with Crippen LogP contribution in [-0.4, -0.2) is 87.1 Å². The van der Waals surface area contributed by atoms with Crippen LogP contribution in [0.1, 0.15) is 32.0 Å². The van der Waals surface area contributed by atoms with Gasteiger partial charge in [0.1, 0.15) is 17.9 Å². The van der Waals surface area contributed by atoms with Gasteiger partial charge < -0.3 is 19.4 Å². The zero-order chi connectivity index (χ0) is 31.7. The summed E-state index contributed by atoms with van der Waals surface area (Å²) < 4.78 is 7.76. The highest BCUT2D eigenvalue weighted by molar-refractivity contribution is 6.36. The fraction of sp³-hybridized carbons (Fsp3) is 0.394. The smallest absolute Gasteiger partial charge is 0.319 e. The number of anilines is 1. The Morgan fingerprint density at radius 2 is 1.93 bits per heavy atom. The summed E-state index contributed by atoms with van der Waals surface area (Å²) in [6.07, 6.45) is 3.95. The van der Waals surface area contributed by atoms with Crippen molar-refractivity contribution in [2.24, 2.45) is 0 Å². The molecule has 2 aliphatic rings. The molecule has 0 radical (unpaired) electrons. The lowest BCUT2D eigenvalue weighted by Crippen LogP contribution is -2.55. The number of carbonyl (C=O) groups excluding carboxylic acids is 1. The Kier molecular flexibility index (Phi) is 8.70. The Hall–Kier alpha value is -4.53. The Bertz CT molecular complexity index is 1880. The third-order valence-electron chi connectivity index (χ3n) is 8.78. The van der Waals surface area contributed by atoms with Gasteiger partial charge in [0.15, 0.2) is 11.3 Å². The molecule has 45 heavy (non-hydrogen) atoms. The highest BCUT2D eigenvalue weighted by Gasteiger charge is 2.32. The van der Waals surface area contributed by atoms with Gasteiger partial charge in [-0.25, -0.2) is 4.98 Å². The molecule has 4 aromatic rings. The summed E-state index contributed by atoms with van der Waals surface area (Å²) in [7, 11) is 2.07. The number of amides is 1. The number of hydrogen-bond acceptors (Lipinski definition) is 9. The second-order valence-electron chi connectivity index (χ2n) is 11.4. The predicted octanol–water partition coefficient (Wildman–Crippen LogP) is 4.13. The second-order valence-corrected chi connectivity index (χ2v) is 11.9. The van der Waals surface area contributed by atoms with Gasteiger partial charge in [0.05, 0.1) is 29.2 Å². The lowest BCUT2D eigenvalue weighted by atomic mass is 10.1. The highest BCUT2D eigenvalue weighted by Crippen LogP contribution is 2.32. The van der Waals surface area contributed by atoms with Gasteiger partial charge in [-0.05, 0) is 50.0 Å². The van der Waals surface area contributed by atoms with Gasteiger partial charge in [0.2, 0.25) is 5.91 Å². The molecule has 2 atom stereocenters. The Labute approximate surface area is 266 Å². The number of carbonyl (C=O) groups is 1. The molecule has 0 aliphatic carbocycles. The van der Waals surface area contributed by atoms with E-state index in [1.54, 1.807) is 15.5 Å². The minimum absolute atomic E-state index is 0.0879. The van der Waals surface area contributed by atoms with Gasteiger partial charge in [-0.3, -0.25) is 14.2 Å². The van der Waals surface area contributed by atoms with E-state index in [0.29, 0.717) is 60.5 Å². The lowest BCUT2D eigenvalue weighted by Gasteiger charge is -2.40. The second kappa shape index (κ2) is 12.8. The van der Waals surface area contributed by atoms with Gasteiger partial charge in [-0.1, -0.05) is 49.4 Å². The van der Waals surface area contributed by atoms with E-state index in [1.807, 2.05) is 42.2 Å². The molecular formula is C33H35ClN8O3. The summed E-state index contributed by atoms with van der Waals surface area (Å²) in [5, 5.41) is 11.7. The number of nitrogens with zero attached hydrogens (tertiary/aromatic N) is 8. The van der Waals surface area contributed by atoms with Crippen LogP contribution in [0, 0.1) is 11.3 Å². The molecule has 2 aromatic carbocycles. The van der Waals surface area contributed by atoms with E-state index >= 15 is 0 Å². The van der Waals surface area contributed by atoms with Crippen LogP contribution in [0.15, 0.2) is 53.8 Å². The fourth-order valence-corrected chi connectivity index (χ4v) is 6.68. The van der Waals surface area contributed by atoms with E-state index < -0.39 is 0 Å².